The van der Waals surface area contributed by atoms with Gasteiger partial charge in [0.25, 0.3) is 0 Å². The second-order valence-corrected chi connectivity index (χ2v) is 4.94. The summed E-state index contributed by atoms with van der Waals surface area (Å²) in [5.41, 5.74) is 0.502. The molecular formula is C10H21N. The molecule has 11 heavy (non-hydrogen) atoms. The summed E-state index contributed by atoms with van der Waals surface area (Å²) in [6.45, 7) is 11.9. The highest BCUT2D eigenvalue weighted by Gasteiger charge is 2.30. The van der Waals surface area contributed by atoms with Crippen molar-refractivity contribution in [3.63, 3.8) is 0 Å². The predicted octanol–water partition coefficient (Wildman–Crippen LogP) is 2.28. The Hall–Kier alpha value is -0.0400. The predicted molar refractivity (Wildman–Crippen MR) is 49.6 cm³/mol. The van der Waals surface area contributed by atoms with E-state index in [-0.39, 0.29) is 0 Å². The van der Waals surface area contributed by atoms with Crippen molar-refractivity contribution in [3.05, 3.63) is 0 Å². The lowest BCUT2D eigenvalue weighted by Crippen LogP contribution is -2.40. The van der Waals surface area contributed by atoms with Crippen molar-refractivity contribution in [1.29, 1.82) is 0 Å². The first kappa shape index (κ1) is 9.05. The van der Waals surface area contributed by atoms with Crippen LogP contribution in [0.2, 0.25) is 0 Å². The van der Waals surface area contributed by atoms with E-state index < -0.39 is 0 Å². The van der Waals surface area contributed by atoms with Gasteiger partial charge in [0.1, 0.15) is 0 Å². The second-order valence-electron chi connectivity index (χ2n) is 4.94. The Morgan fingerprint density at radius 2 is 1.91 bits per heavy atom. The third-order valence-corrected chi connectivity index (χ3v) is 2.90. The minimum absolute atomic E-state index is 0.502. The summed E-state index contributed by atoms with van der Waals surface area (Å²) in [6, 6.07) is 0. The molecule has 0 aromatic heterocycles. The summed E-state index contributed by atoms with van der Waals surface area (Å²) in [5.74, 6) is 1.76. The van der Waals surface area contributed by atoms with Crippen molar-refractivity contribution < 1.29 is 0 Å². The van der Waals surface area contributed by atoms with Gasteiger partial charge in [0.2, 0.25) is 0 Å². The van der Waals surface area contributed by atoms with Gasteiger partial charge < -0.3 is 5.32 Å². The molecule has 1 heterocycles. The van der Waals surface area contributed by atoms with E-state index in [9.17, 15) is 0 Å². The third-order valence-electron chi connectivity index (χ3n) is 2.90. The van der Waals surface area contributed by atoms with Crippen LogP contribution in [0, 0.1) is 17.3 Å². The molecule has 0 amide bonds. The van der Waals surface area contributed by atoms with Crippen LogP contribution in [0.3, 0.4) is 0 Å². The van der Waals surface area contributed by atoms with Gasteiger partial charge in [-0.25, -0.2) is 0 Å². The zero-order valence-electron chi connectivity index (χ0n) is 8.28. The molecule has 0 aliphatic carbocycles. The van der Waals surface area contributed by atoms with Crippen LogP contribution >= 0.6 is 0 Å². The van der Waals surface area contributed by atoms with Gasteiger partial charge in [0.15, 0.2) is 0 Å². The Morgan fingerprint density at radius 3 is 2.27 bits per heavy atom. The lowest BCUT2D eigenvalue weighted by atomic mass is 9.70. The molecule has 0 saturated carbocycles. The number of hydrogen-bond donors (Lipinski definition) is 1. The summed E-state index contributed by atoms with van der Waals surface area (Å²) in [6.07, 6.45) is 1.35. The highest BCUT2D eigenvalue weighted by molar-refractivity contribution is 4.83. The molecule has 2 unspecified atom stereocenters. The summed E-state index contributed by atoms with van der Waals surface area (Å²) in [7, 11) is 0. The van der Waals surface area contributed by atoms with Gasteiger partial charge in [-0.05, 0) is 36.8 Å². The molecule has 1 N–H and O–H groups in total. The number of nitrogens with one attached hydrogen (secondary N) is 1. The van der Waals surface area contributed by atoms with E-state index in [4.69, 9.17) is 0 Å². The van der Waals surface area contributed by atoms with E-state index in [0.29, 0.717) is 5.41 Å². The zero-order chi connectivity index (χ0) is 8.48. The highest BCUT2D eigenvalue weighted by atomic mass is 14.9. The topological polar surface area (TPSA) is 12.0 Å². The Bertz CT molecular complexity index is 123. The van der Waals surface area contributed by atoms with E-state index >= 15 is 0 Å². The van der Waals surface area contributed by atoms with Crippen LogP contribution in [0.25, 0.3) is 0 Å². The Labute approximate surface area is 70.6 Å². The van der Waals surface area contributed by atoms with Gasteiger partial charge in [-0.2, -0.15) is 0 Å². The van der Waals surface area contributed by atoms with Crippen LogP contribution < -0.4 is 5.32 Å². The zero-order valence-corrected chi connectivity index (χ0v) is 8.28. The van der Waals surface area contributed by atoms with Crippen molar-refractivity contribution >= 4 is 0 Å². The molecule has 0 aromatic carbocycles. The molecule has 1 nitrogen and oxygen atoms in total. The molecule has 1 aliphatic heterocycles. The lowest BCUT2D eigenvalue weighted by Gasteiger charge is -2.39. The third kappa shape index (κ3) is 2.19. The molecule has 0 spiro atoms. The molecule has 0 aromatic rings. The Kier molecular flexibility index (Phi) is 2.58. The van der Waals surface area contributed by atoms with Crippen LogP contribution in [-0.2, 0) is 0 Å². The van der Waals surface area contributed by atoms with Gasteiger partial charge in [0, 0.05) is 0 Å². The molecule has 1 saturated heterocycles. The first-order valence-electron chi connectivity index (χ1n) is 4.72. The van der Waals surface area contributed by atoms with Gasteiger partial charge in [-0.1, -0.05) is 27.7 Å². The fourth-order valence-electron chi connectivity index (χ4n) is 2.30. The SMILES string of the molecule is CC1CNCCC1C(C)(C)C. The van der Waals surface area contributed by atoms with Crippen LogP contribution in [0.1, 0.15) is 34.1 Å². The van der Waals surface area contributed by atoms with Crippen LogP contribution in [0.5, 0.6) is 0 Å². The van der Waals surface area contributed by atoms with Crippen LogP contribution in [0.15, 0.2) is 0 Å². The normalized spacial score (nSPS) is 33.8. The fourth-order valence-corrected chi connectivity index (χ4v) is 2.30. The first-order chi connectivity index (χ1) is 5.02. The van der Waals surface area contributed by atoms with E-state index in [1.165, 1.54) is 19.5 Å². The summed E-state index contributed by atoms with van der Waals surface area (Å²) in [4.78, 5) is 0. The van der Waals surface area contributed by atoms with Crippen LogP contribution in [-0.4, -0.2) is 13.1 Å². The van der Waals surface area contributed by atoms with Gasteiger partial charge >= 0.3 is 0 Å². The molecule has 66 valence electrons. The summed E-state index contributed by atoms with van der Waals surface area (Å²) < 4.78 is 0. The standard InChI is InChI=1S/C10H21N/c1-8-7-11-6-5-9(8)10(2,3)4/h8-9,11H,5-7H2,1-4H3. The quantitative estimate of drug-likeness (QED) is 0.566. The molecule has 1 fully saturated rings. The van der Waals surface area contributed by atoms with Crippen molar-refractivity contribution in [2.75, 3.05) is 13.1 Å². The van der Waals surface area contributed by atoms with Gasteiger partial charge in [-0.15, -0.1) is 0 Å². The lowest BCUT2D eigenvalue weighted by molar-refractivity contribution is 0.130. The largest absolute Gasteiger partial charge is 0.316 e. The molecule has 1 rings (SSSR count). The fraction of sp³-hybridized carbons (Fsp3) is 1.00. The van der Waals surface area contributed by atoms with Crippen molar-refractivity contribution in [2.45, 2.75) is 34.1 Å². The smallest absolute Gasteiger partial charge is 0.00203 e. The van der Waals surface area contributed by atoms with E-state index in [2.05, 4.69) is 33.0 Å². The molecular weight excluding hydrogens is 134 g/mol. The average molecular weight is 155 g/mol. The molecule has 2 atom stereocenters. The average Bonchev–Trinajstić information content (AvgIpc) is 1.86. The Morgan fingerprint density at radius 1 is 1.27 bits per heavy atom. The van der Waals surface area contributed by atoms with Gasteiger partial charge in [-0.3, -0.25) is 0 Å². The minimum atomic E-state index is 0.502. The van der Waals surface area contributed by atoms with E-state index in [0.717, 1.165) is 11.8 Å². The van der Waals surface area contributed by atoms with E-state index in [1.54, 1.807) is 0 Å². The highest BCUT2D eigenvalue weighted by Crippen LogP contribution is 2.35. The maximum absolute atomic E-state index is 3.44. The monoisotopic (exact) mass is 155 g/mol. The maximum Gasteiger partial charge on any atom is -0.00203 e. The minimum Gasteiger partial charge on any atom is -0.316 e. The Balaban J connectivity index is 2.55. The molecule has 1 heteroatoms. The molecule has 1 aliphatic rings. The van der Waals surface area contributed by atoms with Crippen molar-refractivity contribution in [1.82, 2.24) is 5.32 Å². The van der Waals surface area contributed by atoms with Crippen molar-refractivity contribution in [3.8, 4) is 0 Å². The first-order valence-corrected chi connectivity index (χ1v) is 4.72. The second kappa shape index (κ2) is 3.14. The number of rotatable bonds is 0. The van der Waals surface area contributed by atoms with Gasteiger partial charge in [0.05, 0.1) is 0 Å². The van der Waals surface area contributed by atoms with E-state index in [1.807, 2.05) is 0 Å². The summed E-state index contributed by atoms with van der Waals surface area (Å²) in [5, 5.41) is 3.44. The molecule has 0 radical (unpaired) electrons. The number of piperidine rings is 1. The number of hydrogen-bond acceptors (Lipinski definition) is 1. The van der Waals surface area contributed by atoms with Crippen molar-refractivity contribution in [2.24, 2.45) is 17.3 Å². The van der Waals surface area contributed by atoms with Crippen LogP contribution in [0.4, 0.5) is 0 Å². The molecule has 0 bridgehead atoms. The summed E-state index contributed by atoms with van der Waals surface area (Å²) >= 11 is 0. The maximum atomic E-state index is 3.44.